The second kappa shape index (κ2) is 5.96. The molecule has 21 heavy (non-hydrogen) atoms. The van der Waals surface area contributed by atoms with E-state index in [4.69, 9.17) is 5.84 Å². The van der Waals surface area contributed by atoms with Gasteiger partial charge in [-0.2, -0.15) is 0 Å². The average Bonchev–Trinajstić information content (AvgIpc) is 2.95. The van der Waals surface area contributed by atoms with Gasteiger partial charge in [-0.05, 0) is 55.4 Å². The van der Waals surface area contributed by atoms with Crippen molar-refractivity contribution in [1.82, 2.24) is 5.43 Å². The molecule has 2 nitrogen and oxygen atoms in total. The first-order valence-corrected chi connectivity index (χ1v) is 7.50. The van der Waals surface area contributed by atoms with Crippen LogP contribution in [0, 0.1) is 12.7 Å². The highest BCUT2D eigenvalue weighted by Crippen LogP contribution is 2.26. The molecule has 1 unspecified atom stereocenters. The predicted molar refractivity (Wildman–Crippen MR) is 83.4 cm³/mol. The molecule has 1 atom stereocenters. The number of benzene rings is 2. The number of hydrogen-bond donors (Lipinski definition) is 2. The van der Waals surface area contributed by atoms with E-state index in [9.17, 15) is 4.39 Å². The average molecular weight is 284 g/mol. The summed E-state index contributed by atoms with van der Waals surface area (Å²) < 4.78 is 14.0. The van der Waals surface area contributed by atoms with Crippen LogP contribution in [0.15, 0.2) is 36.4 Å². The van der Waals surface area contributed by atoms with E-state index in [1.54, 1.807) is 6.07 Å². The summed E-state index contributed by atoms with van der Waals surface area (Å²) >= 11 is 0. The highest BCUT2D eigenvalue weighted by Gasteiger charge is 2.17. The van der Waals surface area contributed by atoms with Crippen LogP contribution >= 0.6 is 0 Å². The first kappa shape index (κ1) is 14.2. The van der Waals surface area contributed by atoms with Crippen LogP contribution in [0.4, 0.5) is 4.39 Å². The zero-order valence-corrected chi connectivity index (χ0v) is 12.3. The molecule has 1 aliphatic rings. The predicted octanol–water partition coefficient (Wildman–Crippen LogP) is 3.37. The van der Waals surface area contributed by atoms with Crippen molar-refractivity contribution in [1.29, 1.82) is 0 Å². The maximum absolute atomic E-state index is 14.0. The monoisotopic (exact) mass is 284 g/mol. The first-order chi connectivity index (χ1) is 10.2. The number of fused-ring (bicyclic) bond motifs is 1. The Morgan fingerprint density at radius 3 is 2.76 bits per heavy atom. The van der Waals surface area contributed by atoms with Crippen molar-refractivity contribution < 1.29 is 4.39 Å². The van der Waals surface area contributed by atoms with E-state index in [-0.39, 0.29) is 11.9 Å². The van der Waals surface area contributed by atoms with E-state index in [2.05, 4.69) is 23.6 Å². The minimum Gasteiger partial charge on any atom is -0.271 e. The molecule has 3 heteroatoms. The van der Waals surface area contributed by atoms with Gasteiger partial charge in [0.05, 0.1) is 6.04 Å². The topological polar surface area (TPSA) is 38.0 Å². The Balaban J connectivity index is 1.86. The summed E-state index contributed by atoms with van der Waals surface area (Å²) in [7, 11) is 0. The Kier molecular flexibility index (Phi) is 4.04. The van der Waals surface area contributed by atoms with Crippen LogP contribution in [0.1, 0.15) is 40.3 Å². The van der Waals surface area contributed by atoms with Crippen molar-refractivity contribution in [3.8, 4) is 0 Å². The number of rotatable bonds is 4. The van der Waals surface area contributed by atoms with E-state index in [0.717, 1.165) is 12.0 Å². The second-order valence-electron chi connectivity index (χ2n) is 5.90. The van der Waals surface area contributed by atoms with Crippen LogP contribution in [-0.2, 0) is 19.3 Å². The number of nitrogens with two attached hydrogens (primary N) is 1. The SMILES string of the molecule is Cc1ccc(F)c(C(Cc2ccc3c(c2)CCC3)NN)c1. The molecule has 0 saturated carbocycles. The largest absolute Gasteiger partial charge is 0.271 e. The van der Waals surface area contributed by atoms with Gasteiger partial charge in [-0.25, -0.2) is 4.39 Å². The molecule has 0 heterocycles. The number of nitrogens with one attached hydrogen (secondary N) is 1. The van der Waals surface area contributed by atoms with E-state index in [1.165, 1.54) is 35.6 Å². The molecule has 0 spiro atoms. The van der Waals surface area contributed by atoms with E-state index < -0.39 is 0 Å². The number of halogens is 1. The molecule has 1 aliphatic carbocycles. The fourth-order valence-electron chi connectivity index (χ4n) is 3.18. The number of hydrazine groups is 1. The lowest BCUT2D eigenvalue weighted by Gasteiger charge is -2.18. The Morgan fingerprint density at radius 2 is 1.95 bits per heavy atom. The zero-order chi connectivity index (χ0) is 14.8. The molecule has 2 aromatic carbocycles. The normalized spacial score (nSPS) is 15.0. The highest BCUT2D eigenvalue weighted by atomic mass is 19.1. The molecule has 3 rings (SSSR count). The summed E-state index contributed by atoms with van der Waals surface area (Å²) in [5.41, 5.74) is 8.54. The van der Waals surface area contributed by atoms with Gasteiger partial charge in [-0.3, -0.25) is 11.3 Å². The smallest absolute Gasteiger partial charge is 0.128 e. The molecule has 0 saturated heterocycles. The third kappa shape index (κ3) is 2.99. The molecule has 3 N–H and O–H groups in total. The van der Waals surface area contributed by atoms with Crippen molar-refractivity contribution in [3.63, 3.8) is 0 Å². The van der Waals surface area contributed by atoms with Gasteiger partial charge in [0, 0.05) is 5.56 Å². The van der Waals surface area contributed by atoms with Gasteiger partial charge >= 0.3 is 0 Å². The Hall–Kier alpha value is -1.71. The Morgan fingerprint density at radius 1 is 1.14 bits per heavy atom. The van der Waals surface area contributed by atoms with Crippen molar-refractivity contribution in [2.75, 3.05) is 0 Å². The van der Waals surface area contributed by atoms with Gasteiger partial charge in [0.1, 0.15) is 5.82 Å². The minimum absolute atomic E-state index is 0.204. The van der Waals surface area contributed by atoms with Gasteiger partial charge in [-0.15, -0.1) is 0 Å². The highest BCUT2D eigenvalue weighted by molar-refractivity contribution is 5.36. The van der Waals surface area contributed by atoms with Gasteiger partial charge in [0.25, 0.3) is 0 Å². The van der Waals surface area contributed by atoms with Gasteiger partial charge in [-0.1, -0.05) is 35.9 Å². The fraction of sp³-hybridized carbons (Fsp3) is 0.333. The summed E-state index contributed by atoms with van der Waals surface area (Å²) in [6.45, 7) is 1.96. The van der Waals surface area contributed by atoms with Gasteiger partial charge in [0.15, 0.2) is 0 Å². The van der Waals surface area contributed by atoms with Crippen LogP contribution in [0.5, 0.6) is 0 Å². The molecular weight excluding hydrogens is 263 g/mol. The fourth-order valence-corrected chi connectivity index (χ4v) is 3.18. The molecule has 0 fully saturated rings. The summed E-state index contributed by atoms with van der Waals surface area (Å²) in [6.07, 6.45) is 4.28. The second-order valence-corrected chi connectivity index (χ2v) is 5.90. The van der Waals surface area contributed by atoms with Gasteiger partial charge in [0.2, 0.25) is 0 Å². The summed E-state index contributed by atoms with van der Waals surface area (Å²) in [6, 6.07) is 11.6. The zero-order valence-electron chi connectivity index (χ0n) is 12.3. The van der Waals surface area contributed by atoms with Crippen LogP contribution in [-0.4, -0.2) is 0 Å². The van der Waals surface area contributed by atoms with Crippen LogP contribution in [0.3, 0.4) is 0 Å². The van der Waals surface area contributed by atoms with Crippen LogP contribution in [0.25, 0.3) is 0 Å². The van der Waals surface area contributed by atoms with Crippen molar-refractivity contribution in [3.05, 3.63) is 70.0 Å². The molecule has 0 radical (unpaired) electrons. The molecule has 2 aromatic rings. The van der Waals surface area contributed by atoms with E-state index in [0.29, 0.717) is 12.0 Å². The maximum Gasteiger partial charge on any atom is 0.128 e. The lowest BCUT2D eigenvalue weighted by molar-refractivity contribution is 0.510. The lowest BCUT2D eigenvalue weighted by Crippen LogP contribution is -2.30. The number of aryl methyl sites for hydroxylation is 3. The molecule has 0 aliphatic heterocycles. The standard InChI is InChI=1S/C18H21FN2/c1-12-5-8-17(19)16(9-12)18(21-20)11-13-6-7-14-3-2-4-15(14)10-13/h5-10,18,21H,2-4,11,20H2,1H3. The molecule has 0 amide bonds. The summed E-state index contributed by atoms with van der Waals surface area (Å²) in [4.78, 5) is 0. The minimum atomic E-state index is -0.204. The maximum atomic E-state index is 14.0. The quantitative estimate of drug-likeness (QED) is 0.667. The van der Waals surface area contributed by atoms with Crippen LogP contribution < -0.4 is 11.3 Å². The van der Waals surface area contributed by atoms with Crippen molar-refractivity contribution in [2.24, 2.45) is 5.84 Å². The van der Waals surface area contributed by atoms with Gasteiger partial charge < -0.3 is 0 Å². The number of hydrogen-bond acceptors (Lipinski definition) is 2. The third-order valence-electron chi connectivity index (χ3n) is 4.33. The Bertz CT molecular complexity index is 652. The summed E-state index contributed by atoms with van der Waals surface area (Å²) in [5, 5.41) is 0. The first-order valence-electron chi connectivity index (χ1n) is 7.50. The molecular formula is C18H21FN2. The lowest BCUT2D eigenvalue weighted by atomic mass is 9.95. The Labute approximate surface area is 125 Å². The van der Waals surface area contributed by atoms with Crippen molar-refractivity contribution in [2.45, 2.75) is 38.6 Å². The third-order valence-corrected chi connectivity index (χ3v) is 4.33. The summed E-state index contributed by atoms with van der Waals surface area (Å²) in [5.74, 6) is 5.46. The van der Waals surface area contributed by atoms with E-state index in [1.807, 2.05) is 13.0 Å². The molecule has 0 aromatic heterocycles. The van der Waals surface area contributed by atoms with Crippen molar-refractivity contribution >= 4 is 0 Å². The molecule has 0 bridgehead atoms. The van der Waals surface area contributed by atoms with Crippen LogP contribution in [0.2, 0.25) is 0 Å². The molecule has 110 valence electrons. The van der Waals surface area contributed by atoms with E-state index >= 15 is 0 Å².